The van der Waals surface area contributed by atoms with Crippen molar-refractivity contribution in [1.29, 1.82) is 0 Å². The van der Waals surface area contributed by atoms with Crippen LogP contribution in [0.5, 0.6) is 0 Å². The van der Waals surface area contributed by atoms with E-state index in [0.29, 0.717) is 21.8 Å². The van der Waals surface area contributed by atoms with Crippen LogP contribution in [0.1, 0.15) is 64.6 Å². The molecule has 3 aromatic rings. The van der Waals surface area contributed by atoms with E-state index in [1.54, 1.807) is 26.0 Å². The maximum absolute atomic E-state index is 13.2. The average Bonchev–Trinajstić information content (AvgIpc) is 3.29. The van der Waals surface area contributed by atoms with Crippen molar-refractivity contribution in [2.45, 2.75) is 56.1 Å². The molecule has 0 saturated heterocycles. The Morgan fingerprint density at radius 2 is 1.62 bits per heavy atom. The number of rotatable bonds is 9. The largest absolute Gasteiger partial charge is 0.465 e. The van der Waals surface area contributed by atoms with E-state index in [2.05, 4.69) is 16.0 Å². The van der Waals surface area contributed by atoms with Gasteiger partial charge in [0, 0.05) is 22.2 Å². The highest BCUT2D eigenvalue weighted by atomic mass is 32.2. The predicted octanol–water partition coefficient (Wildman–Crippen LogP) is 6.73. The van der Waals surface area contributed by atoms with Crippen molar-refractivity contribution in [2.24, 2.45) is 5.92 Å². The minimum Gasteiger partial charge on any atom is -0.465 e. The van der Waals surface area contributed by atoms with Crippen LogP contribution in [0, 0.1) is 12.8 Å². The lowest BCUT2D eigenvalue weighted by atomic mass is 9.88. The third-order valence-electron chi connectivity index (χ3n) is 6.77. The number of benzene rings is 2. The number of esters is 1. The first-order valence-electron chi connectivity index (χ1n) is 13.2. The molecule has 1 atom stereocenters. The zero-order valence-electron chi connectivity index (χ0n) is 22.7. The molecule has 4 rings (SSSR count). The third-order valence-corrected chi connectivity index (χ3v) is 9.07. The van der Waals surface area contributed by atoms with Crippen molar-refractivity contribution in [1.82, 2.24) is 0 Å². The second-order valence-corrected chi connectivity index (χ2v) is 12.1. The van der Waals surface area contributed by atoms with Gasteiger partial charge in [0.1, 0.15) is 5.00 Å². The van der Waals surface area contributed by atoms with Gasteiger partial charge in [-0.2, -0.15) is 0 Å². The number of anilines is 3. The van der Waals surface area contributed by atoms with Crippen molar-refractivity contribution >= 4 is 63.2 Å². The summed E-state index contributed by atoms with van der Waals surface area (Å²) in [7, 11) is 1.26. The molecule has 0 aliphatic heterocycles. The number of nitrogens with one attached hydrogen (secondary N) is 3. The number of hydrogen-bond acceptors (Lipinski definition) is 7. The number of amides is 3. The Labute approximate surface area is 242 Å². The van der Waals surface area contributed by atoms with Gasteiger partial charge in [-0.1, -0.05) is 43.5 Å². The Balaban J connectivity index is 1.44. The van der Waals surface area contributed by atoms with E-state index in [9.17, 15) is 19.2 Å². The summed E-state index contributed by atoms with van der Waals surface area (Å²) >= 11 is 2.36. The SMILES string of the molecule is COC(=O)c1c(NC(=O)C(C)Sc2cccc(NC(=O)C3CCCCC3)c2)sc(C(=O)Nc2ccccc2)c1C. The molecule has 2 aromatic carbocycles. The number of methoxy groups -OCH3 is 1. The molecular formula is C30H33N3O5S2. The maximum atomic E-state index is 13.2. The normalized spacial score (nSPS) is 14.2. The fraction of sp³-hybridized carbons (Fsp3) is 0.333. The van der Waals surface area contributed by atoms with Gasteiger partial charge in [0.25, 0.3) is 5.91 Å². The molecule has 0 spiro atoms. The summed E-state index contributed by atoms with van der Waals surface area (Å²) in [5.41, 5.74) is 1.91. The molecule has 8 nitrogen and oxygen atoms in total. The Morgan fingerprint density at radius 3 is 2.33 bits per heavy atom. The van der Waals surface area contributed by atoms with Crippen LogP contribution in [0.4, 0.5) is 16.4 Å². The fourth-order valence-electron chi connectivity index (χ4n) is 4.60. The quantitative estimate of drug-likeness (QED) is 0.191. The Hall–Kier alpha value is -3.63. The van der Waals surface area contributed by atoms with E-state index in [4.69, 9.17) is 4.74 Å². The van der Waals surface area contributed by atoms with Crippen molar-refractivity contribution in [3.63, 3.8) is 0 Å². The molecule has 3 amide bonds. The number of carbonyl (C=O) groups excluding carboxylic acids is 4. The number of ether oxygens (including phenoxy) is 1. The minimum absolute atomic E-state index is 0.0446. The van der Waals surface area contributed by atoms with E-state index in [1.165, 1.54) is 25.3 Å². The number of para-hydroxylation sites is 1. The molecule has 1 aromatic heterocycles. The van der Waals surface area contributed by atoms with Gasteiger partial charge in [-0.05, 0) is 62.6 Å². The minimum atomic E-state index is -0.635. The zero-order chi connectivity index (χ0) is 28.6. The first-order chi connectivity index (χ1) is 19.3. The molecule has 0 bridgehead atoms. The first-order valence-corrected chi connectivity index (χ1v) is 14.9. The summed E-state index contributed by atoms with van der Waals surface area (Å²) in [6.45, 7) is 3.41. The lowest BCUT2D eigenvalue weighted by Gasteiger charge is -2.21. The van der Waals surface area contributed by atoms with Gasteiger partial charge in [-0.3, -0.25) is 14.4 Å². The number of hydrogen-bond donors (Lipinski definition) is 3. The van der Waals surface area contributed by atoms with Gasteiger partial charge in [-0.25, -0.2) is 4.79 Å². The van der Waals surface area contributed by atoms with Crippen LogP contribution in [0.3, 0.4) is 0 Å². The molecule has 0 radical (unpaired) electrons. The van der Waals surface area contributed by atoms with Crippen LogP contribution in [-0.4, -0.2) is 36.1 Å². The summed E-state index contributed by atoms with van der Waals surface area (Å²) in [6.07, 6.45) is 5.19. The lowest BCUT2D eigenvalue weighted by Crippen LogP contribution is -2.24. The summed E-state index contributed by atoms with van der Waals surface area (Å²) in [5, 5.41) is 8.39. The van der Waals surface area contributed by atoms with E-state index in [1.807, 2.05) is 42.5 Å². The monoisotopic (exact) mass is 579 g/mol. The topological polar surface area (TPSA) is 114 Å². The van der Waals surface area contributed by atoms with Crippen molar-refractivity contribution in [3.05, 3.63) is 70.6 Å². The Morgan fingerprint density at radius 1 is 0.925 bits per heavy atom. The van der Waals surface area contributed by atoms with Crippen LogP contribution < -0.4 is 16.0 Å². The van der Waals surface area contributed by atoms with Gasteiger partial charge in [0.2, 0.25) is 11.8 Å². The molecule has 1 fully saturated rings. The molecule has 10 heteroatoms. The molecule has 40 heavy (non-hydrogen) atoms. The van der Waals surface area contributed by atoms with Gasteiger partial charge < -0.3 is 20.7 Å². The Bertz CT molecular complexity index is 1380. The van der Waals surface area contributed by atoms with Crippen LogP contribution in [0.25, 0.3) is 0 Å². The van der Waals surface area contributed by atoms with E-state index in [0.717, 1.165) is 41.9 Å². The highest BCUT2D eigenvalue weighted by Crippen LogP contribution is 2.35. The second kappa shape index (κ2) is 13.6. The standard InChI is InChI=1S/C30H33N3O5S2/c1-18-24(30(37)38-3)29(40-25(18)28(36)31-21-13-8-5-9-14-21)33-26(34)19(2)39-23-16-10-15-22(17-23)32-27(35)20-11-6-4-7-12-20/h5,8-10,13-17,19-20H,4,6-7,11-12H2,1-3H3,(H,31,36)(H,32,35)(H,33,34). The number of thiophene rings is 1. The van der Waals surface area contributed by atoms with E-state index < -0.39 is 11.2 Å². The highest BCUT2D eigenvalue weighted by molar-refractivity contribution is 8.00. The molecule has 1 heterocycles. The Kier molecular flexibility index (Phi) is 10.0. The van der Waals surface area contributed by atoms with Crippen molar-refractivity contribution < 1.29 is 23.9 Å². The molecule has 1 unspecified atom stereocenters. The summed E-state index contributed by atoms with van der Waals surface area (Å²) in [6, 6.07) is 16.4. The average molecular weight is 580 g/mol. The van der Waals surface area contributed by atoms with E-state index in [-0.39, 0.29) is 34.2 Å². The third kappa shape index (κ3) is 7.31. The van der Waals surface area contributed by atoms with Gasteiger partial charge in [-0.15, -0.1) is 23.1 Å². The predicted molar refractivity (Wildman–Crippen MR) is 160 cm³/mol. The molecule has 1 aliphatic rings. The second-order valence-electron chi connectivity index (χ2n) is 9.67. The number of thioether (sulfide) groups is 1. The fourth-order valence-corrected chi connectivity index (χ4v) is 6.62. The van der Waals surface area contributed by atoms with Gasteiger partial charge >= 0.3 is 5.97 Å². The first kappa shape index (κ1) is 29.4. The maximum Gasteiger partial charge on any atom is 0.341 e. The smallest absolute Gasteiger partial charge is 0.341 e. The molecule has 3 N–H and O–H groups in total. The van der Waals surface area contributed by atoms with Crippen molar-refractivity contribution in [3.8, 4) is 0 Å². The molecular weight excluding hydrogens is 546 g/mol. The van der Waals surface area contributed by atoms with Gasteiger partial charge in [0.05, 0.1) is 22.8 Å². The lowest BCUT2D eigenvalue weighted by molar-refractivity contribution is -0.120. The molecule has 210 valence electrons. The van der Waals surface area contributed by atoms with Gasteiger partial charge in [0.15, 0.2) is 0 Å². The number of carbonyl (C=O) groups is 4. The van der Waals surface area contributed by atoms with E-state index >= 15 is 0 Å². The van der Waals surface area contributed by atoms with Crippen LogP contribution in [0.15, 0.2) is 59.5 Å². The summed E-state index contributed by atoms with van der Waals surface area (Å²) < 4.78 is 4.94. The molecule has 1 aliphatic carbocycles. The summed E-state index contributed by atoms with van der Waals surface area (Å²) in [4.78, 5) is 52.5. The van der Waals surface area contributed by atoms with Crippen LogP contribution in [0.2, 0.25) is 0 Å². The molecule has 1 saturated carbocycles. The van der Waals surface area contributed by atoms with Crippen molar-refractivity contribution in [2.75, 3.05) is 23.1 Å². The van der Waals surface area contributed by atoms with Crippen LogP contribution >= 0.6 is 23.1 Å². The van der Waals surface area contributed by atoms with Crippen LogP contribution in [-0.2, 0) is 14.3 Å². The zero-order valence-corrected chi connectivity index (χ0v) is 24.4. The highest BCUT2D eigenvalue weighted by Gasteiger charge is 2.28. The summed E-state index contributed by atoms with van der Waals surface area (Å²) in [5.74, 6) is -1.25.